The van der Waals surface area contributed by atoms with Crippen molar-refractivity contribution >= 4 is 37.7 Å². The minimum atomic E-state index is 0.964. The van der Waals surface area contributed by atoms with Gasteiger partial charge in [0.05, 0.1) is 0 Å². The number of thiophene rings is 1. The van der Waals surface area contributed by atoms with Gasteiger partial charge in [0.15, 0.2) is 0 Å². The summed E-state index contributed by atoms with van der Waals surface area (Å²) in [6.07, 6.45) is 1.47. The van der Waals surface area contributed by atoms with Gasteiger partial charge in [0.25, 0.3) is 0 Å². The van der Waals surface area contributed by atoms with Crippen molar-refractivity contribution in [2.75, 3.05) is 0 Å². The molecule has 1 nitrogen and oxygen atoms in total. The SMILES string of the molecule is N=Cc1cccc2sc3ccc(-c4cccc(-c5cccc(-c6ccccc6)c5)c4-c4ccccc4)cc3c12. The monoisotopic (exact) mass is 515 g/mol. The van der Waals surface area contributed by atoms with Crippen LogP contribution in [-0.2, 0) is 0 Å². The van der Waals surface area contributed by atoms with E-state index in [9.17, 15) is 0 Å². The summed E-state index contributed by atoms with van der Waals surface area (Å²) >= 11 is 1.79. The summed E-state index contributed by atoms with van der Waals surface area (Å²) in [7, 11) is 0. The summed E-state index contributed by atoms with van der Waals surface area (Å²) in [6, 6.07) is 49.8. The van der Waals surface area contributed by atoms with Gasteiger partial charge in [-0.2, -0.15) is 0 Å². The van der Waals surface area contributed by atoms with Crippen LogP contribution < -0.4 is 0 Å². The molecule has 0 aliphatic heterocycles. The number of fused-ring (bicyclic) bond motifs is 3. The molecule has 0 aliphatic rings. The number of rotatable bonds is 5. The molecular weight excluding hydrogens is 490 g/mol. The van der Waals surface area contributed by atoms with Crippen molar-refractivity contribution in [3.8, 4) is 44.5 Å². The number of hydrogen-bond donors (Lipinski definition) is 1. The Balaban J connectivity index is 1.47. The van der Waals surface area contributed by atoms with Crippen molar-refractivity contribution < 1.29 is 0 Å². The van der Waals surface area contributed by atoms with E-state index in [2.05, 4.69) is 127 Å². The van der Waals surface area contributed by atoms with Crippen molar-refractivity contribution in [1.82, 2.24) is 0 Å². The fraction of sp³-hybridized carbons (Fsp3) is 0. The zero-order chi connectivity index (χ0) is 26.2. The highest BCUT2D eigenvalue weighted by Crippen LogP contribution is 2.43. The molecule has 0 saturated heterocycles. The molecule has 39 heavy (non-hydrogen) atoms. The first-order valence-electron chi connectivity index (χ1n) is 13.1. The summed E-state index contributed by atoms with van der Waals surface area (Å²) in [4.78, 5) is 0. The molecule has 0 saturated carbocycles. The molecule has 0 bridgehead atoms. The van der Waals surface area contributed by atoms with Crippen LogP contribution >= 0.6 is 11.3 Å². The predicted octanol–water partition coefficient (Wildman–Crippen LogP) is 10.7. The Kier molecular flexibility index (Phi) is 5.88. The molecule has 1 heterocycles. The standard InChI is InChI=1S/C37H25NS/c38-24-30-16-8-19-35-37(30)33-23-29(20-21-34(33)39-35)32-18-9-17-31(36(32)26-12-5-2-6-13-26)28-15-7-14-27(22-28)25-10-3-1-4-11-25/h1-24,38H. The molecule has 7 rings (SSSR count). The zero-order valence-corrected chi connectivity index (χ0v) is 22.1. The van der Waals surface area contributed by atoms with E-state index in [1.165, 1.54) is 70.9 Å². The van der Waals surface area contributed by atoms with Crippen LogP contribution in [0.15, 0.2) is 140 Å². The van der Waals surface area contributed by atoms with E-state index in [1.807, 2.05) is 12.1 Å². The minimum absolute atomic E-state index is 0.964. The van der Waals surface area contributed by atoms with Gasteiger partial charge < -0.3 is 5.41 Å². The van der Waals surface area contributed by atoms with Crippen LogP contribution in [0.5, 0.6) is 0 Å². The molecule has 0 radical (unpaired) electrons. The number of benzene rings is 6. The van der Waals surface area contributed by atoms with Gasteiger partial charge >= 0.3 is 0 Å². The third-order valence-electron chi connectivity index (χ3n) is 7.40. The van der Waals surface area contributed by atoms with Crippen molar-refractivity contribution in [2.45, 2.75) is 0 Å². The molecule has 0 atom stereocenters. The molecule has 1 aromatic heterocycles. The molecule has 0 spiro atoms. The summed E-state index contributed by atoms with van der Waals surface area (Å²) in [5.74, 6) is 0. The Hall–Kier alpha value is -4.79. The quantitative estimate of drug-likeness (QED) is 0.220. The largest absolute Gasteiger partial charge is 0.308 e. The third-order valence-corrected chi connectivity index (χ3v) is 8.54. The molecule has 2 heteroatoms. The smallest absolute Gasteiger partial charge is 0.0361 e. The first kappa shape index (κ1) is 23.3. The molecular formula is C37H25NS. The van der Waals surface area contributed by atoms with E-state index >= 15 is 0 Å². The average Bonchev–Trinajstić information content (AvgIpc) is 3.40. The maximum absolute atomic E-state index is 7.99. The maximum atomic E-state index is 7.99. The molecule has 1 N–H and O–H groups in total. The lowest BCUT2D eigenvalue weighted by molar-refractivity contribution is 1.56. The van der Waals surface area contributed by atoms with Gasteiger partial charge in [0, 0.05) is 32.0 Å². The van der Waals surface area contributed by atoms with Crippen LogP contribution in [0.2, 0.25) is 0 Å². The summed E-state index contributed by atoms with van der Waals surface area (Å²) in [6.45, 7) is 0. The Morgan fingerprint density at radius 2 is 1.08 bits per heavy atom. The molecule has 0 fully saturated rings. The van der Waals surface area contributed by atoms with Crippen molar-refractivity contribution in [3.63, 3.8) is 0 Å². The van der Waals surface area contributed by atoms with E-state index in [-0.39, 0.29) is 0 Å². The van der Waals surface area contributed by atoms with Crippen LogP contribution in [0.3, 0.4) is 0 Å². The van der Waals surface area contributed by atoms with Gasteiger partial charge in [0.2, 0.25) is 0 Å². The average molecular weight is 516 g/mol. The van der Waals surface area contributed by atoms with Gasteiger partial charge in [-0.05, 0) is 68.8 Å². The van der Waals surface area contributed by atoms with Crippen molar-refractivity contribution in [2.24, 2.45) is 0 Å². The predicted molar refractivity (Wildman–Crippen MR) is 169 cm³/mol. The fourth-order valence-corrected chi connectivity index (χ4v) is 6.71. The van der Waals surface area contributed by atoms with E-state index in [1.54, 1.807) is 11.3 Å². The second-order valence-corrected chi connectivity index (χ2v) is 10.8. The highest BCUT2D eigenvalue weighted by Gasteiger charge is 2.16. The van der Waals surface area contributed by atoms with Gasteiger partial charge in [-0.15, -0.1) is 11.3 Å². The molecule has 184 valence electrons. The van der Waals surface area contributed by atoms with E-state index in [0.717, 1.165) is 5.56 Å². The highest BCUT2D eigenvalue weighted by atomic mass is 32.1. The Bertz CT molecular complexity index is 1970. The normalized spacial score (nSPS) is 11.2. The zero-order valence-electron chi connectivity index (χ0n) is 21.3. The van der Waals surface area contributed by atoms with Gasteiger partial charge in [-0.25, -0.2) is 0 Å². The van der Waals surface area contributed by atoms with Gasteiger partial charge in [0.1, 0.15) is 0 Å². The van der Waals surface area contributed by atoms with Crippen LogP contribution in [0.25, 0.3) is 64.7 Å². The fourth-order valence-electron chi connectivity index (χ4n) is 5.59. The highest BCUT2D eigenvalue weighted by molar-refractivity contribution is 7.25. The number of nitrogens with one attached hydrogen (secondary N) is 1. The van der Waals surface area contributed by atoms with Crippen LogP contribution in [0, 0.1) is 5.41 Å². The summed E-state index contributed by atoms with van der Waals surface area (Å²) in [5, 5.41) is 10.4. The second-order valence-electron chi connectivity index (χ2n) is 9.72. The lowest BCUT2D eigenvalue weighted by atomic mass is 9.86. The third kappa shape index (κ3) is 4.16. The lowest BCUT2D eigenvalue weighted by Crippen LogP contribution is -1.91. The Morgan fingerprint density at radius 1 is 0.462 bits per heavy atom. The number of hydrogen-bond acceptors (Lipinski definition) is 2. The van der Waals surface area contributed by atoms with Gasteiger partial charge in [-0.1, -0.05) is 115 Å². The first-order chi connectivity index (χ1) is 19.3. The van der Waals surface area contributed by atoms with Crippen molar-refractivity contribution in [1.29, 1.82) is 5.41 Å². The van der Waals surface area contributed by atoms with E-state index in [0.29, 0.717) is 0 Å². The Labute approximate surface area is 232 Å². The molecule has 0 aliphatic carbocycles. The molecule has 0 amide bonds. The van der Waals surface area contributed by atoms with Crippen LogP contribution in [-0.4, -0.2) is 6.21 Å². The van der Waals surface area contributed by atoms with Crippen LogP contribution in [0.1, 0.15) is 5.56 Å². The Morgan fingerprint density at radius 3 is 1.82 bits per heavy atom. The van der Waals surface area contributed by atoms with E-state index in [4.69, 9.17) is 5.41 Å². The minimum Gasteiger partial charge on any atom is -0.308 e. The molecule has 0 unspecified atom stereocenters. The molecule has 7 aromatic rings. The molecule has 6 aromatic carbocycles. The first-order valence-corrected chi connectivity index (χ1v) is 13.9. The summed E-state index contributed by atoms with van der Waals surface area (Å²) < 4.78 is 2.47. The second kappa shape index (κ2) is 9.83. The van der Waals surface area contributed by atoms with Crippen LogP contribution in [0.4, 0.5) is 0 Å². The summed E-state index contributed by atoms with van der Waals surface area (Å²) in [5.41, 5.74) is 10.6. The maximum Gasteiger partial charge on any atom is 0.0361 e. The van der Waals surface area contributed by atoms with E-state index < -0.39 is 0 Å². The van der Waals surface area contributed by atoms with Crippen molar-refractivity contribution in [3.05, 3.63) is 145 Å². The topological polar surface area (TPSA) is 23.9 Å². The lowest BCUT2D eigenvalue weighted by Gasteiger charge is -2.17. The van der Waals surface area contributed by atoms with Gasteiger partial charge in [-0.3, -0.25) is 0 Å².